The summed E-state index contributed by atoms with van der Waals surface area (Å²) < 4.78 is 43.6. The van der Waals surface area contributed by atoms with Gasteiger partial charge in [-0.1, -0.05) is 18.2 Å². The molecule has 2 rings (SSSR count). The Morgan fingerprint density at radius 2 is 1.81 bits per heavy atom. The van der Waals surface area contributed by atoms with Crippen LogP contribution in [0.1, 0.15) is 15.9 Å². The number of para-hydroxylation sites is 1. The Bertz CT molecular complexity index is 736. The molecular formula is C18H20ClF3N2O2. The maximum atomic E-state index is 12.8. The van der Waals surface area contributed by atoms with E-state index < -0.39 is 17.7 Å². The molecule has 2 aromatic rings. The fourth-order valence-corrected chi connectivity index (χ4v) is 2.10. The third kappa shape index (κ3) is 6.24. The Balaban J connectivity index is 0.00000338. The van der Waals surface area contributed by atoms with Crippen LogP contribution < -0.4 is 5.32 Å². The minimum atomic E-state index is -4.43. The largest absolute Gasteiger partial charge is 0.461 e. The quantitative estimate of drug-likeness (QED) is 0.735. The van der Waals surface area contributed by atoms with E-state index in [0.29, 0.717) is 12.2 Å². The summed E-state index contributed by atoms with van der Waals surface area (Å²) in [5.41, 5.74) is 0.127. The summed E-state index contributed by atoms with van der Waals surface area (Å²) in [5, 5.41) is 2.85. The van der Waals surface area contributed by atoms with Crippen LogP contribution >= 0.6 is 12.4 Å². The molecule has 26 heavy (non-hydrogen) atoms. The van der Waals surface area contributed by atoms with E-state index in [-0.39, 0.29) is 30.3 Å². The lowest BCUT2D eigenvalue weighted by Gasteiger charge is -2.14. The highest BCUT2D eigenvalue weighted by atomic mass is 35.5. The van der Waals surface area contributed by atoms with Gasteiger partial charge in [0.1, 0.15) is 6.61 Å². The first kappa shape index (κ1) is 21.8. The smallest absolute Gasteiger partial charge is 0.416 e. The van der Waals surface area contributed by atoms with Crippen LogP contribution in [-0.2, 0) is 10.9 Å². The number of nitrogens with one attached hydrogen (secondary N) is 1. The number of nitrogens with zero attached hydrogens (tertiary/aromatic N) is 1. The number of ether oxygens (including phenoxy) is 1. The summed E-state index contributed by atoms with van der Waals surface area (Å²) in [6, 6.07) is 11.3. The van der Waals surface area contributed by atoms with Crippen LogP contribution in [0.5, 0.6) is 0 Å². The van der Waals surface area contributed by atoms with E-state index in [2.05, 4.69) is 5.32 Å². The molecular weight excluding hydrogens is 369 g/mol. The van der Waals surface area contributed by atoms with E-state index in [9.17, 15) is 18.0 Å². The van der Waals surface area contributed by atoms with Crippen molar-refractivity contribution in [3.63, 3.8) is 0 Å². The average molecular weight is 389 g/mol. The third-order valence-corrected chi connectivity index (χ3v) is 3.39. The minimum Gasteiger partial charge on any atom is -0.461 e. The number of carbonyl (C=O) groups is 1. The van der Waals surface area contributed by atoms with Crippen LogP contribution in [0.3, 0.4) is 0 Å². The van der Waals surface area contributed by atoms with Gasteiger partial charge in [0.15, 0.2) is 0 Å². The molecule has 0 heterocycles. The molecule has 0 aliphatic carbocycles. The molecule has 0 aromatic heterocycles. The first-order chi connectivity index (χ1) is 11.8. The van der Waals surface area contributed by atoms with E-state index >= 15 is 0 Å². The zero-order valence-electron chi connectivity index (χ0n) is 14.3. The van der Waals surface area contributed by atoms with Gasteiger partial charge in [0.05, 0.1) is 16.8 Å². The van der Waals surface area contributed by atoms with Gasteiger partial charge in [-0.15, -0.1) is 12.4 Å². The highest BCUT2D eigenvalue weighted by Crippen LogP contribution is 2.31. The number of benzene rings is 2. The lowest BCUT2D eigenvalue weighted by Crippen LogP contribution is -2.20. The van der Waals surface area contributed by atoms with Crippen molar-refractivity contribution in [2.45, 2.75) is 6.18 Å². The third-order valence-electron chi connectivity index (χ3n) is 3.39. The van der Waals surface area contributed by atoms with Gasteiger partial charge < -0.3 is 15.0 Å². The van der Waals surface area contributed by atoms with Gasteiger partial charge in [0.25, 0.3) is 0 Å². The first-order valence-corrected chi connectivity index (χ1v) is 7.62. The second-order valence-corrected chi connectivity index (χ2v) is 5.69. The van der Waals surface area contributed by atoms with Gasteiger partial charge in [0.2, 0.25) is 0 Å². The number of hydrogen-bond acceptors (Lipinski definition) is 4. The van der Waals surface area contributed by atoms with Crippen LogP contribution in [0.15, 0.2) is 48.5 Å². The Labute approximate surface area is 156 Å². The molecule has 0 amide bonds. The van der Waals surface area contributed by atoms with Crippen molar-refractivity contribution < 1.29 is 22.7 Å². The summed E-state index contributed by atoms with van der Waals surface area (Å²) in [6.07, 6.45) is -4.43. The van der Waals surface area contributed by atoms with Crippen molar-refractivity contribution in [3.05, 3.63) is 59.7 Å². The Morgan fingerprint density at radius 1 is 1.12 bits per heavy atom. The van der Waals surface area contributed by atoms with Crippen molar-refractivity contribution in [2.24, 2.45) is 0 Å². The van der Waals surface area contributed by atoms with Crippen LogP contribution in [0, 0.1) is 0 Å². The summed E-state index contributed by atoms with van der Waals surface area (Å²) in [5.74, 6) is -0.531. The van der Waals surface area contributed by atoms with Gasteiger partial charge in [-0.3, -0.25) is 0 Å². The van der Waals surface area contributed by atoms with Gasteiger partial charge in [-0.25, -0.2) is 4.79 Å². The monoisotopic (exact) mass is 388 g/mol. The molecule has 8 heteroatoms. The Hall–Kier alpha value is -2.25. The van der Waals surface area contributed by atoms with Gasteiger partial charge in [-0.05, 0) is 44.4 Å². The minimum absolute atomic E-state index is 0. The Kier molecular flexibility index (Phi) is 7.92. The average Bonchev–Trinajstić information content (AvgIpc) is 2.54. The van der Waals surface area contributed by atoms with E-state index in [0.717, 1.165) is 12.1 Å². The van der Waals surface area contributed by atoms with Gasteiger partial charge in [0, 0.05) is 12.2 Å². The van der Waals surface area contributed by atoms with Crippen molar-refractivity contribution in [1.29, 1.82) is 0 Å². The number of esters is 1. The molecule has 0 unspecified atom stereocenters. The molecule has 0 atom stereocenters. The highest BCUT2D eigenvalue weighted by molar-refractivity contribution is 5.96. The molecule has 1 N–H and O–H groups in total. The fraction of sp³-hybridized carbons (Fsp3) is 0.278. The predicted octanol–water partition coefficient (Wildman–Crippen LogP) is 4.59. The molecule has 0 saturated carbocycles. The van der Waals surface area contributed by atoms with Crippen molar-refractivity contribution in [2.75, 3.05) is 32.6 Å². The summed E-state index contributed by atoms with van der Waals surface area (Å²) in [4.78, 5) is 14.1. The molecule has 0 fully saturated rings. The molecule has 0 bridgehead atoms. The number of likely N-dealkylation sites (N-methyl/N-ethyl adjacent to an activating group) is 1. The SMILES string of the molecule is CN(C)CCOC(=O)c1ccccc1Nc1cccc(C(F)(F)F)c1.Cl. The zero-order chi connectivity index (χ0) is 18.4. The lowest BCUT2D eigenvalue weighted by molar-refractivity contribution is -0.137. The summed E-state index contributed by atoms with van der Waals surface area (Å²) in [7, 11) is 3.72. The van der Waals surface area contributed by atoms with E-state index in [1.807, 2.05) is 19.0 Å². The summed E-state index contributed by atoms with van der Waals surface area (Å²) >= 11 is 0. The molecule has 0 saturated heterocycles. The van der Waals surface area contributed by atoms with Gasteiger partial charge in [-0.2, -0.15) is 13.2 Å². The normalized spacial score (nSPS) is 11.0. The number of halogens is 4. The zero-order valence-corrected chi connectivity index (χ0v) is 15.2. The van der Waals surface area contributed by atoms with Crippen LogP contribution in [-0.4, -0.2) is 38.1 Å². The number of hydrogen-bond donors (Lipinski definition) is 1. The standard InChI is InChI=1S/C18H19F3N2O2.ClH/c1-23(2)10-11-25-17(24)15-8-3-4-9-16(15)22-14-7-5-6-13(12-14)18(19,20)21;/h3-9,12,22H,10-11H2,1-2H3;1H. The van der Waals surface area contributed by atoms with Crippen molar-refractivity contribution in [3.8, 4) is 0 Å². The molecule has 0 aliphatic rings. The predicted molar refractivity (Wildman–Crippen MR) is 97.3 cm³/mol. The molecule has 4 nitrogen and oxygen atoms in total. The van der Waals surface area contributed by atoms with Gasteiger partial charge >= 0.3 is 12.1 Å². The topological polar surface area (TPSA) is 41.6 Å². The van der Waals surface area contributed by atoms with Crippen molar-refractivity contribution in [1.82, 2.24) is 4.90 Å². The maximum absolute atomic E-state index is 12.8. The summed E-state index contributed by atoms with van der Waals surface area (Å²) in [6.45, 7) is 0.804. The lowest BCUT2D eigenvalue weighted by atomic mass is 10.1. The van der Waals surface area contributed by atoms with E-state index in [4.69, 9.17) is 4.74 Å². The van der Waals surface area contributed by atoms with E-state index in [1.54, 1.807) is 24.3 Å². The molecule has 2 aromatic carbocycles. The number of alkyl halides is 3. The maximum Gasteiger partial charge on any atom is 0.416 e. The highest BCUT2D eigenvalue weighted by Gasteiger charge is 2.30. The molecule has 0 spiro atoms. The molecule has 142 valence electrons. The number of rotatable bonds is 6. The van der Waals surface area contributed by atoms with Crippen LogP contribution in [0.4, 0.5) is 24.5 Å². The number of anilines is 2. The van der Waals surface area contributed by atoms with Crippen LogP contribution in [0.25, 0.3) is 0 Å². The molecule has 0 aliphatic heterocycles. The Morgan fingerprint density at radius 3 is 2.46 bits per heavy atom. The first-order valence-electron chi connectivity index (χ1n) is 7.62. The second kappa shape index (κ2) is 9.45. The number of carbonyl (C=O) groups excluding carboxylic acids is 1. The second-order valence-electron chi connectivity index (χ2n) is 5.69. The van der Waals surface area contributed by atoms with E-state index in [1.165, 1.54) is 12.1 Å². The van der Waals surface area contributed by atoms with Crippen LogP contribution in [0.2, 0.25) is 0 Å². The molecule has 0 radical (unpaired) electrons. The van der Waals surface area contributed by atoms with Crippen molar-refractivity contribution >= 4 is 29.8 Å². The fourth-order valence-electron chi connectivity index (χ4n) is 2.10.